The summed E-state index contributed by atoms with van der Waals surface area (Å²) in [4.78, 5) is 13.7. The van der Waals surface area contributed by atoms with E-state index in [1.165, 1.54) is 17.1 Å². The van der Waals surface area contributed by atoms with Crippen molar-refractivity contribution in [2.24, 2.45) is 16.7 Å². The van der Waals surface area contributed by atoms with Crippen LogP contribution in [0.15, 0.2) is 66.2 Å². The van der Waals surface area contributed by atoms with E-state index in [1.54, 1.807) is 6.07 Å². The van der Waals surface area contributed by atoms with Gasteiger partial charge in [0.2, 0.25) is 0 Å². The number of carbonyl (C=O) groups excluding carboxylic acids is 1. The van der Waals surface area contributed by atoms with E-state index >= 15 is 0 Å². The van der Waals surface area contributed by atoms with Crippen molar-refractivity contribution in [1.29, 1.82) is 0 Å². The van der Waals surface area contributed by atoms with Gasteiger partial charge in [0, 0.05) is 12.1 Å². The minimum atomic E-state index is -4.48. The molecule has 1 unspecified atom stereocenters. The molecular weight excluding hydrogens is 413 g/mol. The molecule has 2 aromatic carbocycles. The Morgan fingerprint density at radius 1 is 1.06 bits per heavy atom. The minimum Gasteiger partial charge on any atom is -0.269 e. The number of nitrogens with zero attached hydrogens (tertiary/aromatic N) is 1. The second-order valence-corrected chi connectivity index (χ2v) is 9.70. The number of hydrogen-bond acceptors (Lipinski definition) is 2. The van der Waals surface area contributed by atoms with Gasteiger partial charge in [-0.25, -0.2) is 5.43 Å². The number of amides is 1. The molecule has 32 heavy (non-hydrogen) atoms. The first-order valence-electron chi connectivity index (χ1n) is 11.0. The maximum atomic E-state index is 13.7. The van der Waals surface area contributed by atoms with Crippen molar-refractivity contribution in [2.75, 3.05) is 0 Å². The molecule has 0 aliphatic heterocycles. The van der Waals surface area contributed by atoms with Crippen LogP contribution in [0.4, 0.5) is 13.2 Å². The van der Waals surface area contributed by atoms with Crippen molar-refractivity contribution < 1.29 is 18.0 Å². The molecule has 1 fully saturated rings. The van der Waals surface area contributed by atoms with Gasteiger partial charge in [-0.3, -0.25) is 9.80 Å². The molecule has 0 aromatic heterocycles. The lowest BCUT2D eigenvalue weighted by Crippen LogP contribution is -2.44. The maximum Gasteiger partial charge on any atom is 0.416 e. The van der Waals surface area contributed by atoms with Crippen molar-refractivity contribution in [1.82, 2.24) is 10.4 Å². The highest BCUT2D eigenvalue weighted by Gasteiger charge is 2.57. The summed E-state index contributed by atoms with van der Waals surface area (Å²) in [6.45, 7) is 6.72. The van der Waals surface area contributed by atoms with Crippen LogP contribution < -0.4 is 5.43 Å². The minimum absolute atomic E-state index is 0.0486. The van der Waals surface area contributed by atoms with Crippen LogP contribution in [0, 0.1) is 16.7 Å². The number of hydrogen-bond donors (Lipinski definition) is 1. The average Bonchev–Trinajstić information content (AvgIpc) is 3.10. The molecule has 4 rings (SSSR count). The van der Waals surface area contributed by atoms with Gasteiger partial charge < -0.3 is 0 Å². The molecule has 0 radical (unpaired) electrons. The summed E-state index contributed by atoms with van der Waals surface area (Å²) in [5, 5.41) is 1.36. The van der Waals surface area contributed by atoms with E-state index in [0.717, 1.165) is 24.5 Å². The highest BCUT2D eigenvalue weighted by Crippen LogP contribution is 2.64. The number of allylic oxidation sites excluding steroid dienone is 1. The largest absolute Gasteiger partial charge is 0.416 e. The second kappa shape index (κ2) is 8.07. The number of alkyl halides is 3. The number of hydrazine groups is 1. The molecule has 0 saturated heterocycles. The third-order valence-electron chi connectivity index (χ3n) is 7.61. The molecule has 2 atom stereocenters. The predicted molar refractivity (Wildman–Crippen MR) is 118 cm³/mol. The van der Waals surface area contributed by atoms with Crippen molar-refractivity contribution in [3.63, 3.8) is 0 Å². The summed E-state index contributed by atoms with van der Waals surface area (Å²) in [5.41, 5.74) is 4.02. The van der Waals surface area contributed by atoms with Gasteiger partial charge in [-0.05, 0) is 46.8 Å². The summed E-state index contributed by atoms with van der Waals surface area (Å²) in [5.74, 6) is -0.127. The predicted octanol–water partition coefficient (Wildman–Crippen LogP) is 6.12. The lowest BCUT2D eigenvalue weighted by molar-refractivity contribution is -0.140. The van der Waals surface area contributed by atoms with Crippen LogP contribution >= 0.6 is 0 Å². The Hall–Kier alpha value is -2.60. The summed E-state index contributed by atoms with van der Waals surface area (Å²) >= 11 is 0. The fourth-order valence-corrected chi connectivity index (χ4v) is 5.23. The van der Waals surface area contributed by atoms with Gasteiger partial charge in [-0.2, -0.15) is 13.2 Å². The molecule has 1 saturated carbocycles. The first-order chi connectivity index (χ1) is 15.0. The standard InChI is InChI=1S/C26H29F3N2O/c1-24(2)22-13-14-25(24,3)15-20(22)23(32)31(30-16-18-9-5-4-6-10-18)17-19-11-7-8-12-21(19)26(27,28)29/h4-12,15,22,30H,13-14,16-17H2,1-3H3/t22?,25-/m1/s1. The van der Waals surface area contributed by atoms with Crippen LogP contribution in [0.1, 0.15) is 50.3 Å². The third-order valence-corrected chi connectivity index (χ3v) is 7.61. The fourth-order valence-electron chi connectivity index (χ4n) is 5.23. The topological polar surface area (TPSA) is 32.3 Å². The van der Waals surface area contributed by atoms with Crippen LogP contribution in [0.5, 0.6) is 0 Å². The molecular formula is C26H29F3N2O. The first kappa shape index (κ1) is 22.6. The lowest BCUT2D eigenvalue weighted by atomic mass is 9.70. The zero-order valence-corrected chi connectivity index (χ0v) is 18.7. The number of halogens is 3. The maximum absolute atomic E-state index is 13.7. The van der Waals surface area contributed by atoms with Gasteiger partial charge in [-0.1, -0.05) is 75.4 Å². The smallest absolute Gasteiger partial charge is 0.269 e. The molecule has 170 valence electrons. The Labute approximate surface area is 187 Å². The highest BCUT2D eigenvalue weighted by molar-refractivity contribution is 5.95. The van der Waals surface area contributed by atoms with E-state index in [4.69, 9.17) is 0 Å². The van der Waals surface area contributed by atoms with E-state index in [9.17, 15) is 18.0 Å². The molecule has 2 aromatic rings. The Morgan fingerprint density at radius 3 is 2.31 bits per heavy atom. The van der Waals surface area contributed by atoms with E-state index in [-0.39, 0.29) is 34.8 Å². The number of carbonyl (C=O) groups is 1. The van der Waals surface area contributed by atoms with Crippen LogP contribution in [-0.2, 0) is 24.1 Å². The van der Waals surface area contributed by atoms with Gasteiger partial charge in [0.15, 0.2) is 0 Å². The second-order valence-electron chi connectivity index (χ2n) is 9.70. The zero-order valence-electron chi connectivity index (χ0n) is 18.7. The molecule has 1 amide bonds. The molecule has 0 spiro atoms. The van der Waals surface area contributed by atoms with Crippen molar-refractivity contribution in [3.8, 4) is 0 Å². The summed E-state index contributed by atoms with van der Waals surface area (Å²) in [7, 11) is 0. The van der Waals surface area contributed by atoms with Crippen LogP contribution in [0.2, 0.25) is 0 Å². The van der Waals surface area contributed by atoms with E-state index in [2.05, 4.69) is 32.3 Å². The molecule has 2 bridgehead atoms. The SMILES string of the molecule is CC1(C)C2CC[C@]1(C)C=C2C(=O)N(Cc1ccccc1C(F)(F)F)NCc1ccccc1. The first-order valence-corrected chi connectivity index (χ1v) is 11.0. The van der Waals surface area contributed by atoms with E-state index < -0.39 is 11.7 Å². The highest BCUT2D eigenvalue weighted by atomic mass is 19.4. The Bertz CT molecular complexity index is 1030. The van der Waals surface area contributed by atoms with Crippen molar-refractivity contribution in [3.05, 3.63) is 82.9 Å². The average molecular weight is 443 g/mol. The number of fused-ring (bicyclic) bond motifs is 2. The number of benzene rings is 2. The monoisotopic (exact) mass is 442 g/mol. The van der Waals surface area contributed by atoms with Crippen LogP contribution in [-0.4, -0.2) is 10.9 Å². The third kappa shape index (κ3) is 3.96. The molecule has 1 N–H and O–H groups in total. The number of nitrogens with one attached hydrogen (secondary N) is 1. The van der Waals surface area contributed by atoms with Gasteiger partial charge in [0.05, 0.1) is 12.1 Å². The Balaban J connectivity index is 1.64. The van der Waals surface area contributed by atoms with E-state index in [1.807, 2.05) is 30.3 Å². The summed E-state index contributed by atoms with van der Waals surface area (Å²) < 4.78 is 40.8. The van der Waals surface area contributed by atoms with Crippen LogP contribution in [0.25, 0.3) is 0 Å². The van der Waals surface area contributed by atoms with Crippen molar-refractivity contribution in [2.45, 2.75) is 52.9 Å². The normalized spacial score (nSPS) is 23.8. The lowest BCUT2D eigenvalue weighted by Gasteiger charge is -2.34. The Morgan fingerprint density at radius 2 is 1.72 bits per heavy atom. The Kier molecular flexibility index (Phi) is 5.70. The van der Waals surface area contributed by atoms with Gasteiger partial charge in [0.25, 0.3) is 5.91 Å². The van der Waals surface area contributed by atoms with E-state index in [0.29, 0.717) is 12.1 Å². The molecule has 0 heterocycles. The van der Waals surface area contributed by atoms with Crippen LogP contribution in [0.3, 0.4) is 0 Å². The molecule has 3 nitrogen and oxygen atoms in total. The summed E-state index contributed by atoms with van der Waals surface area (Å²) in [6, 6.07) is 15.0. The van der Waals surface area contributed by atoms with Crippen molar-refractivity contribution >= 4 is 5.91 Å². The molecule has 2 aliphatic rings. The summed E-state index contributed by atoms with van der Waals surface area (Å²) in [6.07, 6.45) is -0.467. The molecule has 2 aliphatic carbocycles. The van der Waals surface area contributed by atoms with Gasteiger partial charge in [0.1, 0.15) is 0 Å². The molecule has 6 heteroatoms. The van der Waals surface area contributed by atoms with Gasteiger partial charge in [-0.15, -0.1) is 0 Å². The van der Waals surface area contributed by atoms with Gasteiger partial charge >= 0.3 is 6.18 Å². The number of rotatable bonds is 6. The zero-order chi connectivity index (χ0) is 23.1. The fraction of sp³-hybridized carbons (Fsp3) is 0.423. The quantitative estimate of drug-likeness (QED) is 0.547.